The Morgan fingerprint density at radius 1 is 1.22 bits per heavy atom. The molecule has 0 N–H and O–H groups in total. The van der Waals surface area contributed by atoms with Gasteiger partial charge in [0.2, 0.25) is 5.91 Å². The molecule has 0 saturated carbocycles. The first kappa shape index (κ1) is 18.1. The van der Waals surface area contributed by atoms with Crippen LogP contribution < -0.4 is 0 Å². The van der Waals surface area contributed by atoms with Crippen LogP contribution in [0.3, 0.4) is 0 Å². The Morgan fingerprint density at radius 2 is 2.04 bits per heavy atom. The number of morpholine rings is 1. The number of aryl methyl sites for hydroxylation is 1. The average molecular weight is 385 g/mol. The molecule has 2 saturated heterocycles. The lowest BCUT2D eigenvalue weighted by Crippen LogP contribution is -2.51. The lowest BCUT2D eigenvalue weighted by atomic mass is 10.1. The number of nitrogens with zero attached hydrogens (tertiary/aromatic N) is 3. The standard InChI is InChI=1S/C20H23N3O3S/c1-14-13-27-18(21-14)15-4-2-5-16(12-15)19(24)23-7-3-6-17(23)20(25)22-8-10-26-11-9-22/h2,4-5,12-13,17H,3,6-11H2,1H3/t17-/m0/s1. The van der Waals surface area contributed by atoms with E-state index in [0.717, 1.165) is 29.1 Å². The van der Waals surface area contributed by atoms with Crippen LogP contribution >= 0.6 is 11.3 Å². The topological polar surface area (TPSA) is 62.7 Å². The van der Waals surface area contributed by atoms with E-state index in [1.54, 1.807) is 16.2 Å². The van der Waals surface area contributed by atoms with Gasteiger partial charge in [-0.05, 0) is 31.9 Å². The minimum Gasteiger partial charge on any atom is -0.378 e. The van der Waals surface area contributed by atoms with Crippen LogP contribution in [0.5, 0.6) is 0 Å². The summed E-state index contributed by atoms with van der Waals surface area (Å²) in [6.07, 6.45) is 1.59. The molecule has 4 rings (SSSR count). The average Bonchev–Trinajstić information content (AvgIpc) is 3.37. The summed E-state index contributed by atoms with van der Waals surface area (Å²) >= 11 is 1.57. The zero-order valence-electron chi connectivity index (χ0n) is 15.4. The molecule has 1 aromatic heterocycles. The van der Waals surface area contributed by atoms with Crippen LogP contribution in [-0.2, 0) is 9.53 Å². The number of carbonyl (C=O) groups excluding carboxylic acids is 2. The molecule has 2 aromatic rings. The van der Waals surface area contributed by atoms with Gasteiger partial charge in [0.15, 0.2) is 0 Å². The maximum Gasteiger partial charge on any atom is 0.254 e. The Bertz CT molecular complexity index is 845. The Balaban J connectivity index is 1.53. The zero-order chi connectivity index (χ0) is 18.8. The highest BCUT2D eigenvalue weighted by atomic mass is 32.1. The van der Waals surface area contributed by atoms with Crippen molar-refractivity contribution in [3.8, 4) is 10.6 Å². The smallest absolute Gasteiger partial charge is 0.254 e. The van der Waals surface area contributed by atoms with Gasteiger partial charge in [0.05, 0.1) is 13.2 Å². The highest BCUT2D eigenvalue weighted by molar-refractivity contribution is 7.13. The molecule has 27 heavy (non-hydrogen) atoms. The Hall–Kier alpha value is -2.25. The second-order valence-electron chi connectivity index (χ2n) is 6.97. The summed E-state index contributed by atoms with van der Waals surface area (Å²) in [5.41, 5.74) is 2.53. The van der Waals surface area contributed by atoms with Crippen molar-refractivity contribution in [1.82, 2.24) is 14.8 Å². The first-order chi connectivity index (χ1) is 13.1. The maximum absolute atomic E-state index is 13.1. The van der Waals surface area contributed by atoms with Crippen LogP contribution in [0.1, 0.15) is 28.9 Å². The summed E-state index contributed by atoms with van der Waals surface area (Å²) in [7, 11) is 0. The van der Waals surface area contributed by atoms with Crippen molar-refractivity contribution in [2.75, 3.05) is 32.8 Å². The number of amides is 2. The van der Waals surface area contributed by atoms with E-state index in [2.05, 4.69) is 4.98 Å². The van der Waals surface area contributed by atoms with Gasteiger partial charge in [-0.1, -0.05) is 12.1 Å². The highest BCUT2D eigenvalue weighted by Gasteiger charge is 2.37. The van der Waals surface area contributed by atoms with Crippen molar-refractivity contribution >= 4 is 23.2 Å². The molecule has 1 aromatic carbocycles. The van der Waals surface area contributed by atoms with E-state index >= 15 is 0 Å². The first-order valence-electron chi connectivity index (χ1n) is 9.33. The number of likely N-dealkylation sites (tertiary alicyclic amines) is 1. The Morgan fingerprint density at radius 3 is 2.78 bits per heavy atom. The molecule has 0 unspecified atom stereocenters. The van der Waals surface area contributed by atoms with Crippen molar-refractivity contribution < 1.29 is 14.3 Å². The maximum atomic E-state index is 13.1. The second-order valence-corrected chi connectivity index (χ2v) is 7.83. The van der Waals surface area contributed by atoms with Gasteiger partial charge in [0.1, 0.15) is 11.0 Å². The summed E-state index contributed by atoms with van der Waals surface area (Å²) in [6.45, 7) is 4.94. The molecule has 2 aliphatic rings. The van der Waals surface area contributed by atoms with Gasteiger partial charge in [0.25, 0.3) is 5.91 Å². The summed E-state index contributed by atoms with van der Waals surface area (Å²) in [5.74, 6) is -0.0231. The lowest BCUT2D eigenvalue weighted by Gasteiger charge is -2.32. The van der Waals surface area contributed by atoms with Crippen molar-refractivity contribution in [2.24, 2.45) is 0 Å². The predicted molar refractivity (Wildman–Crippen MR) is 104 cm³/mol. The molecule has 0 aliphatic carbocycles. The zero-order valence-corrected chi connectivity index (χ0v) is 16.2. The van der Waals surface area contributed by atoms with E-state index in [9.17, 15) is 9.59 Å². The number of thiazole rings is 1. The van der Waals surface area contributed by atoms with Gasteiger partial charge in [-0.25, -0.2) is 4.98 Å². The predicted octanol–water partition coefficient (Wildman–Crippen LogP) is 2.58. The Labute approximate surface area is 162 Å². The van der Waals surface area contributed by atoms with Gasteiger partial charge in [-0.15, -0.1) is 11.3 Å². The summed E-state index contributed by atoms with van der Waals surface area (Å²) in [6, 6.07) is 7.20. The minimum absolute atomic E-state index is 0.0517. The number of aromatic nitrogens is 1. The van der Waals surface area contributed by atoms with E-state index in [0.29, 0.717) is 38.4 Å². The SMILES string of the molecule is Cc1csc(-c2cccc(C(=O)N3CCC[C@H]3C(=O)N3CCOCC3)c2)n1. The van der Waals surface area contributed by atoms with E-state index in [1.807, 2.05) is 41.5 Å². The van der Waals surface area contributed by atoms with Crippen molar-refractivity contribution in [2.45, 2.75) is 25.8 Å². The molecule has 3 heterocycles. The third kappa shape index (κ3) is 3.75. The molecule has 2 amide bonds. The molecule has 2 aliphatic heterocycles. The molecule has 0 bridgehead atoms. The van der Waals surface area contributed by atoms with Crippen molar-refractivity contribution in [3.63, 3.8) is 0 Å². The van der Waals surface area contributed by atoms with Crippen LogP contribution in [0.2, 0.25) is 0 Å². The fourth-order valence-corrected chi connectivity index (χ4v) is 4.49. The van der Waals surface area contributed by atoms with E-state index in [1.165, 1.54) is 0 Å². The number of benzene rings is 1. The van der Waals surface area contributed by atoms with Crippen LogP contribution in [0.15, 0.2) is 29.6 Å². The monoisotopic (exact) mass is 385 g/mol. The van der Waals surface area contributed by atoms with E-state index in [-0.39, 0.29) is 17.9 Å². The van der Waals surface area contributed by atoms with Gasteiger partial charge in [-0.2, -0.15) is 0 Å². The van der Waals surface area contributed by atoms with Gasteiger partial charge < -0.3 is 14.5 Å². The number of hydrogen-bond acceptors (Lipinski definition) is 5. The molecular weight excluding hydrogens is 362 g/mol. The number of carbonyl (C=O) groups is 2. The molecule has 1 atom stereocenters. The number of hydrogen-bond donors (Lipinski definition) is 0. The van der Waals surface area contributed by atoms with Crippen molar-refractivity contribution in [1.29, 1.82) is 0 Å². The third-order valence-electron chi connectivity index (χ3n) is 5.10. The molecule has 6 nitrogen and oxygen atoms in total. The summed E-state index contributed by atoms with van der Waals surface area (Å²) < 4.78 is 5.33. The largest absolute Gasteiger partial charge is 0.378 e. The quantitative estimate of drug-likeness (QED) is 0.815. The minimum atomic E-state index is -0.360. The van der Waals surface area contributed by atoms with Crippen molar-refractivity contribution in [3.05, 3.63) is 40.9 Å². The summed E-state index contributed by atoms with van der Waals surface area (Å²) in [4.78, 5) is 34.1. The number of rotatable bonds is 3. The number of ether oxygens (including phenoxy) is 1. The van der Waals surface area contributed by atoms with Crippen LogP contribution in [-0.4, -0.2) is 65.5 Å². The van der Waals surface area contributed by atoms with E-state index in [4.69, 9.17) is 4.74 Å². The first-order valence-corrected chi connectivity index (χ1v) is 10.2. The second kappa shape index (κ2) is 7.78. The van der Waals surface area contributed by atoms with Crippen LogP contribution in [0.4, 0.5) is 0 Å². The summed E-state index contributed by atoms with van der Waals surface area (Å²) in [5, 5.41) is 2.91. The Kier molecular flexibility index (Phi) is 5.22. The van der Waals surface area contributed by atoms with E-state index < -0.39 is 0 Å². The fourth-order valence-electron chi connectivity index (χ4n) is 3.70. The molecule has 7 heteroatoms. The highest BCUT2D eigenvalue weighted by Crippen LogP contribution is 2.27. The molecular formula is C20H23N3O3S. The fraction of sp³-hybridized carbons (Fsp3) is 0.450. The van der Waals surface area contributed by atoms with Crippen LogP contribution in [0, 0.1) is 6.92 Å². The van der Waals surface area contributed by atoms with Gasteiger partial charge >= 0.3 is 0 Å². The molecule has 2 fully saturated rings. The molecule has 142 valence electrons. The van der Waals surface area contributed by atoms with Crippen LogP contribution in [0.25, 0.3) is 10.6 Å². The molecule has 0 spiro atoms. The molecule has 0 radical (unpaired) electrons. The van der Waals surface area contributed by atoms with Gasteiger partial charge in [-0.3, -0.25) is 9.59 Å². The van der Waals surface area contributed by atoms with Gasteiger partial charge in [0, 0.05) is 41.8 Å². The normalized spacial score (nSPS) is 20.1. The lowest BCUT2D eigenvalue weighted by molar-refractivity contribution is -0.139. The third-order valence-corrected chi connectivity index (χ3v) is 6.11.